The van der Waals surface area contributed by atoms with Crippen molar-refractivity contribution in [1.82, 2.24) is 0 Å². The van der Waals surface area contributed by atoms with E-state index in [4.69, 9.17) is 10.5 Å². The van der Waals surface area contributed by atoms with Gasteiger partial charge < -0.3 is 10.5 Å². The normalized spacial score (nSPS) is 18.6. The maximum Gasteiger partial charge on any atom is 0.263 e. The number of alkyl halides is 2. The Bertz CT molecular complexity index is 428. The number of hydrogen-bond acceptors (Lipinski definition) is 2. The summed E-state index contributed by atoms with van der Waals surface area (Å²) < 4.78 is 30.8. The predicted octanol–water partition coefficient (Wildman–Crippen LogP) is 3.79. The molecule has 0 aliphatic heterocycles. The molecule has 0 saturated heterocycles. The molecule has 0 spiro atoms. The van der Waals surface area contributed by atoms with Crippen LogP contribution in [0.4, 0.5) is 8.78 Å². The van der Waals surface area contributed by atoms with Crippen LogP contribution in [0.1, 0.15) is 49.7 Å². The largest absolute Gasteiger partial charge is 0.496 e. The fourth-order valence-corrected chi connectivity index (χ4v) is 3.09. The SMILES string of the molecule is COc1cc(C(F)F)ccc1C1(CN)CCCCC1. The van der Waals surface area contributed by atoms with Crippen LogP contribution >= 0.6 is 0 Å². The minimum absolute atomic E-state index is 0.00332. The zero-order valence-electron chi connectivity index (χ0n) is 11.3. The molecule has 1 aromatic carbocycles. The summed E-state index contributed by atoms with van der Waals surface area (Å²) in [6.45, 7) is 0.539. The number of hydrogen-bond donors (Lipinski definition) is 1. The molecule has 19 heavy (non-hydrogen) atoms. The molecule has 0 atom stereocenters. The van der Waals surface area contributed by atoms with Gasteiger partial charge in [-0.25, -0.2) is 8.78 Å². The van der Waals surface area contributed by atoms with Gasteiger partial charge in [-0.1, -0.05) is 31.4 Å². The maximum absolute atomic E-state index is 12.8. The Labute approximate surface area is 112 Å². The van der Waals surface area contributed by atoms with Crippen molar-refractivity contribution in [3.05, 3.63) is 29.3 Å². The summed E-state index contributed by atoms with van der Waals surface area (Å²) in [5.74, 6) is 0.546. The van der Waals surface area contributed by atoms with E-state index in [2.05, 4.69) is 0 Å². The molecule has 106 valence electrons. The Morgan fingerprint density at radius 3 is 2.47 bits per heavy atom. The van der Waals surface area contributed by atoms with Crippen LogP contribution in [0.3, 0.4) is 0 Å². The molecule has 0 radical (unpaired) electrons. The molecule has 2 nitrogen and oxygen atoms in total. The van der Waals surface area contributed by atoms with Gasteiger partial charge in [0, 0.05) is 23.1 Å². The number of ether oxygens (including phenoxy) is 1. The molecule has 1 saturated carbocycles. The van der Waals surface area contributed by atoms with Crippen LogP contribution in [0.5, 0.6) is 5.75 Å². The van der Waals surface area contributed by atoms with E-state index in [9.17, 15) is 8.78 Å². The average Bonchev–Trinajstić information content (AvgIpc) is 2.47. The molecule has 2 rings (SSSR count). The third-order valence-corrected chi connectivity index (χ3v) is 4.25. The van der Waals surface area contributed by atoms with Gasteiger partial charge in [0.1, 0.15) is 5.75 Å². The van der Waals surface area contributed by atoms with Gasteiger partial charge in [0.15, 0.2) is 0 Å². The summed E-state index contributed by atoms with van der Waals surface area (Å²) in [7, 11) is 1.53. The molecule has 0 unspecified atom stereocenters. The van der Waals surface area contributed by atoms with Gasteiger partial charge in [-0.05, 0) is 18.9 Å². The summed E-state index contributed by atoms with van der Waals surface area (Å²) >= 11 is 0. The highest BCUT2D eigenvalue weighted by atomic mass is 19.3. The second-order valence-corrected chi connectivity index (χ2v) is 5.31. The fraction of sp³-hybridized carbons (Fsp3) is 0.600. The zero-order valence-corrected chi connectivity index (χ0v) is 11.3. The molecule has 0 aromatic heterocycles. The van der Waals surface area contributed by atoms with Crippen molar-refractivity contribution in [2.45, 2.75) is 43.9 Å². The predicted molar refractivity (Wildman–Crippen MR) is 71.8 cm³/mol. The van der Waals surface area contributed by atoms with E-state index in [1.165, 1.54) is 25.7 Å². The van der Waals surface area contributed by atoms with Gasteiger partial charge in [0.2, 0.25) is 0 Å². The van der Waals surface area contributed by atoms with Crippen molar-refractivity contribution in [2.24, 2.45) is 5.73 Å². The minimum atomic E-state index is -2.47. The summed E-state index contributed by atoms with van der Waals surface area (Å²) in [5, 5.41) is 0. The molecule has 1 fully saturated rings. The highest BCUT2D eigenvalue weighted by Gasteiger charge is 2.35. The molecule has 1 aromatic rings. The second-order valence-electron chi connectivity index (χ2n) is 5.31. The van der Waals surface area contributed by atoms with Gasteiger partial charge in [-0.15, -0.1) is 0 Å². The van der Waals surface area contributed by atoms with Crippen LogP contribution in [0.15, 0.2) is 18.2 Å². The quantitative estimate of drug-likeness (QED) is 0.902. The Kier molecular flexibility index (Phi) is 4.40. The number of halogens is 2. The van der Waals surface area contributed by atoms with Gasteiger partial charge >= 0.3 is 0 Å². The molecule has 1 aliphatic rings. The monoisotopic (exact) mass is 269 g/mol. The molecule has 2 N–H and O–H groups in total. The molecule has 0 bridgehead atoms. The van der Waals surface area contributed by atoms with Crippen LogP contribution in [-0.4, -0.2) is 13.7 Å². The Morgan fingerprint density at radius 1 is 1.26 bits per heavy atom. The van der Waals surface area contributed by atoms with Crippen molar-refractivity contribution in [2.75, 3.05) is 13.7 Å². The smallest absolute Gasteiger partial charge is 0.263 e. The molecule has 0 heterocycles. The Morgan fingerprint density at radius 2 is 1.95 bits per heavy atom. The lowest BCUT2D eigenvalue weighted by Crippen LogP contribution is -2.37. The average molecular weight is 269 g/mol. The van der Waals surface area contributed by atoms with Gasteiger partial charge in [-0.3, -0.25) is 0 Å². The van der Waals surface area contributed by atoms with Crippen molar-refractivity contribution in [3.63, 3.8) is 0 Å². The summed E-state index contributed by atoms with van der Waals surface area (Å²) in [5.41, 5.74) is 6.87. The first-order valence-electron chi connectivity index (χ1n) is 6.79. The van der Waals surface area contributed by atoms with E-state index >= 15 is 0 Å². The summed E-state index contributed by atoms with van der Waals surface area (Å²) in [4.78, 5) is 0. The topological polar surface area (TPSA) is 35.2 Å². The zero-order chi connectivity index (χ0) is 13.9. The number of nitrogens with two attached hydrogens (primary N) is 1. The van der Waals surface area contributed by atoms with Crippen LogP contribution in [-0.2, 0) is 5.41 Å². The number of benzene rings is 1. The highest BCUT2D eigenvalue weighted by Crippen LogP contribution is 2.43. The van der Waals surface area contributed by atoms with Crippen LogP contribution in [0.2, 0.25) is 0 Å². The third-order valence-electron chi connectivity index (χ3n) is 4.25. The Balaban J connectivity index is 2.42. The lowest BCUT2D eigenvalue weighted by Gasteiger charge is -2.37. The van der Waals surface area contributed by atoms with Crippen molar-refractivity contribution >= 4 is 0 Å². The Hall–Kier alpha value is -1.16. The standard InChI is InChI=1S/C15H21F2NO/c1-19-13-9-11(14(16)17)5-6-12(13)15(10-18)7-3-2-4-8-15/h5-6,9,14H,2-4,7-8,10,18H2,1H3. The van der Waals surface area contributed by atoms with Crippen LogP contribution in [0, 0.1) is 0 Å². The molecular formula is C15H21F2NO. The van der Waals surface area contributed by atoms with Gasteiger partial charge in [0.05, 0.1) is 7.11 Å². The van der Waals surface area contributed by atoms with E-state index in [-0.39, 0.29) is 11.0 Å². The lowest BCUT2D eigenvalue weighted by atomic mass is 9.69. The maximum atomic E-state index is 12.8. The van der Waals surface area contributed by atoms with Crippen molar-refractivity contribution < 1.29 is 13.5 Å². The van der Waals surface area contributed by atoms with E-state index < -0.39 is 6.43 Å². The summed E-state index contributed by atoms with van der Waals surface area (Å²) in [6.07, 6.45) is 3.04. The molecular weight excluding hydrogens is 248 g/mol. The number of methoxy groups -OCH3 is 1. The van der Waals surface area contributed by atoms with E-state index in [1.54, 1.807) is 6.07 Å². The van der Waals surface area contributed by atoms with Crippen LogP contribution in [0.25, 0.3) is 0 Å². The third kappa shape index (κ3) is 2.73. The summed E-state index contributed by atoms with van der Waals surface area (Å²) in [6, 6.07) is 4.72. The number of rotatable bonds is 4. The van der Waals surface area contributed by atoms with Crippen molar-refractivity contribution in [1.29, 1.82) is 0 Å². The first-order chi connectivity index (χ1) is 9.13. The highest BCUT2D eigenvalue weighted by molar-refractivity contribution is 5.43. The second kappa shape index (κ2) is 5.87. The van der Waals surface area contributed by atoms with Gasteiger partial charge in [0.25, 0.3) is 6.43 Å². The van der Waals surface area contributed by atoms with Crippen molar-refractivity contribution in [3.8, 4) is 5.75 Å². The molecule has 1 aliphatic carbocycles. The first-order valence-corrected chi connectivity index (χ1v) is 6.79. The van der Waals surface area contributed by atoms with E-state index in [0.29, 0.717) is 12.3 Å². The van der Waals surface area contributed by atoms with Gasteiger partial charge in [-0.2, -0.15) is 0 Å². The first kappa shape index (κ1) is 14.3. The molecule has 4 heteroatoms. The van der Waals surface area contributed by atoms with E-state index in [1.807, 2.05) is 0 Å². The van der Waals surface area contributed by atoms with Crippen LogP contribution < -0.4 is 10.5 Å². The van der Waals surface area contributed by atoms with E-state index in [0.717, 1.165) is 31.2 Å². The fourth-order valence-electron chi connectivity index (χ4n) is 3.09. The molecule has 0 amide bonds. The lowest BCUT2D eigenvalue weighted by molar-refractivity contribution is 0.151. The minimum Gasteiger partial charge on any atom is -0.496 e.